The number of carbonyl (C=O) groups is 2. The van der Waals surface area contributed by atoms with E-state index >= 15 is 0 Å². The quantitative estimate of drug-likeness (QED) is 0.389. The van der Waals surface area contributed by atoms with Gasteiger partial charge in [-0.2, -0.15) is 0 Å². The van der Waals surface area contributed by atoms with Gasteiger partial charge in [0, 0.05) is 28.8 Å². The largest absolute Gasteiger partial charge is 0.391 e. The number of rotatable bonds is 6. The molecule has 2 atom stereocenters. The van der Waals surface area contributed by atoms with Crippen LogP contribution in [0, 0.1) is 22.0 Å². The van der Waals surface area contributed by atoms with Gasteiger partial charge >= 0.3 is 0 Å². The zero-order valence-electron chi connectivity index (χ0n) is 15.0. The number of nitro groups is 1. The number of hydrogen-bond donors (Lipinski definition) is 3. The van der Waals surface area contributed by atoms with Gasteiger partial charge in [0.2, 0.25) is 0 Å². The number of carbonyl (C=O) groups excluding carboxylic acids is 2. The smallest absolute Gasteiger partial charge is 0.269 e. The maximum Gasteiger partial charge on any atom is 0.269 e. The van der Waals surface area contributed by atoms with E-state index in [1.165, 1.54) is 31.2 Å². The van der Waals surface area contributed by atoms with Crippen LogP contribution in [0.1, 0.15) is 28.4 Å². The summed E-state index contributed by atoms with van der Waals surface area (Å²) in [6, 6.07) is 10.9. The molecule has 0 aliphatic heterocycles. The Hall–Kier alpha value is -3.54. The van der Waals surface area contributed by atoms with Gasteiger partial charge in [-0.05, 0) is 43.3 Å². The first-order chi connectivity index (χ1) is 13.3. The fourth-order valence-electron chi connectivity index (χ4n) is 2.31. The normalized spacial score (nSPS) is 12.2. The molecule has 8 heteroatoms. The van der Waals surface area contributed by atoms with Crippen molar-refractivity contribution in [3.63, 3.8) is 0 Å². The number of nitrogens with zero attached hydrogens (tertiary/aromatic N) is 1. The van der Waals surface area contributed by atoms with Gasteiger partial charge in [-0.15, -0.1) is 0 Å². The van der Waals surface area contributed by atoms with Crippen LogP contribution in [0.15, 0.2) is 48.5 Å². The second-order valence-corrected chi connectivity index (χ2v) is 5.95. The van der Waals surface area contributed by atoms with Crippen LogP contribution < -0.4 is 5.32 Å². The maximum absolute atomic E-state index is 12.2. The Morgan fingerprint density at radius 3 is 2.00 bits per heavy atom. The van der Waals surface area contributed by atoms with Crippen molar-refractivity contribution in [3.05, 3.63) is 75.3 Å². The van der Waals surface area contributed by atoms with Crippen molar-refractivity contribution in [2.45, 2.75) is 19.1 Å². The average Bonchev–Trinajstić information content (AvgIpc) is 2.70. The summed E-state index contributed by atoms with van der Waals surface area (Å²) in [4.78, 5) is 33.9. The Morgan fingerprint density at radius 2 is 1.57 bits per heavy atom. The van der Waals surface area contributed by atoms with E-state index in [1.807, 2.05) is 0 Å². The van der Waals surface area contributed by atoms with Crippen LogP contribution in [0.4, 0.5) is 5.69 Å². The molecular formula is C20H18N2O6. The van der Waals surface area contributed by atoms with Crippen LogP contribution in [0.5, 0.6) is 0 Å². The lowest BCUT2D eigenvalue weighted by Gasteiger charge is -2.19. The van der Waals surface area contributed by atoms with Crippen molar-refractivity contribution in [1.82, 2.24) is 5.32 Å². The van der Waals surface area contributed by atoms with Crippen LogP contribution in [0.3, 0.4) is 0 Å². The molecule has 144 valence electrons. The zero-order chi connectivity index (χ0) is 20.7. The van der Waals surface area contributed by atoms with Gasteiger partial charge in [-0.1, -0.05) is 11.8 Å². The number of benzene rings is 2. The Morgan fingerprint density at radius 1 is 1.07 bits per heavy atom. The first-order valence-electron chi connectivity index (χ1n) is 8.31. The molecule has 0 heterocycles. The van der Waals surface area contributed by atoms with Crippen LogP contribution in [-0.2, 0) is 4.79 Å². The first-order valence-corrected chi connectivity index (χ1v) is 8.31. The highest BCUT2D eigenvalue weighted by Crippen LogP contribution is 2.11. The van der Waals surface area contributed by atoms with Crippen molar-refractivity contribution < 1.29 is 24.7 Å². The van der Waals surface area contributed by atoms with Crippen molar-refractivity contribution in [3.8, 4) is 11.8 Å². The second-order valence-electron chi connectivity index (χ2n) is 5.95. The van der Waals surface area contributed by atoms with E-state index in [0.717, 1.165) is 0 Å². The lowest BCUT2D eigenvalue weighted by molar-refractivity contribution is -0.384. The summed E-state index contributed by atoms with van der Waals surface area (Å²) in [6.45, 7) is 0.558. The SMILES string of the molecule is C[C@@H](O)[C@H](NC(=O)c1ccc(C#Cc2ccc([N+](=O)[O-])cc2)cc1)C(=O)CO. The molecule has 0 unspecified atom stereocenters. The standard InChI is InChI=1S/C20H18N2O6/c1-13(24)19(18(25)12-23)21-20(26)16-8-4-14(5-9-16)2-3-15-6-10-17(11-7-15)22(27)28/h4-11,13,19,23-24H,12H2,1H3,(H,21,26)/t13-,19+/m1/s1. The molecule has 2 rings (SSSR count). The van der Waals surface area contributed by atoms with Gasteiger partial charge in [-0.25, -0.2) is 0 Å². The molecule has 0 bridgehead atoms. The van der Waals surface area contributed by atoms with Crippen molar-refractivity contribution in [2.24, 2.45) is 0 Å². The minimum absolute atomic E-state index is 0.0175. The number of non-ortho nitro benzene ring substituents is 1. The number of hydrogen-bond acceptors (Lipinski definition) is 6. The van der Waals surface area contributed by atoms with Crippen LogP contribution in [0.2, 0.25) is 0 Å². The van der Waals surface area contributed by atoms with Crippen molar-refractivity contribution in [2.75, 3.05) is 6.61 Å². The zero-order valence-corrected chi connectivity index (χ0v) is 15.0. The number of nitro benzene ring substituents is 1. The van der Waals surface area contributed by atoms with Gasteiger partial charge in [0.05, 0.1) is 11.0 Å². The number of nitrogens with one attached hydrogen (secondary N) is 1. The van der Waals surface area contributed by atoms with Crippen molar-refractivity contribution >= 4 is 17.4 Å². The molecule has 3 N–H and O–H groups in total. The summed E-state index contributed by atoms with van der Waals surface area (Å²) in [6.07, 6.45) is -1.14. The molecule has 0 aromatic heterocycles. The predicted molar refractivity (Wildman–Crippen MR) is 101 cm³/mol. The van der Waals surface area contributed by atoms with Gasteiger partial charge in [0.25, 0.3) is 11.6 Å². The number of aliphatic hydroxyl groups is 2. The summed E-state index contributed by atoms with van der Waals surface area (Å²) in [7, 11) is 0. The lowest BCUT2D eigenvalue weighted by Crippen LogP contribution is -2.48. The minimum atomic E-state index is -1.20. The highest BCUT2D eigenvalue weighted by atomic mass is 16.6. The van der Waals surface area contributed by atoms with Gasteiger partial charge in [-0.3, -0.25) is 19.7 Å². The number of Topliss-reactive ketones (excluding diaryl/α,β-unsaturated/α-hetero) is 1. The highest BCUT2D eigenvalue weighted by Gasteiger charge is 2.25. The summed E-state index contributed by atoms with van der Waals surface area (Å²) in [5.41, 5.74) is 1.47. The molecule has 1 amide bonds. The van der Waals surface area contributed by atoms with E-state index < -0.39 is 35.4 Å². The summed E-state index contributed by atoms with van der Waals surface area (Å²) < 4.78 is 0. The number of amides is 1. The fourth-order valence-corrected chi connectivity index (χ4v) is 2.31. The first kappa shape index (κ1) is 20.8. The predicted octanol–water partition coefficient (Wildman–Crippen LogP) is 1.04. The van der Waals surface area contributed by atoms with Gasteiger partial charge in [0.15, 0.2) is 5.78 Å². The number of ketones is 1. The Labute approximate surface area is 161 Å². The molecule has 2 aromatic rings. The topological polar surface area (TPSA) is 130 Å². The van der Waals surface area contributed by atoms with E-state index in [2.05, 4.69) is 17.2 Å². The molecule has 2 aromatic carbocycles. The summed E-state index contributed by atoms with van der Waals surface area (Å²) in [5, 5.41) is 31.5. The minimum Gasteiger partial charge on any atom is -0.391 e. The molecule has 0 spiro atoms. The van der Waals surface area contributed by atoms with E-state index in [0.29, 0.717) is 11.1 Å². The van der Waals surface area contributed by atoms with Gasteiger partial charge < -0.3 is 15.5 Å². The molecular weight excluding hydrogens is 364 g/mol. The molecule has 0 saturated heterocycles. The fraction of sp³-hybridized carbons (Fsp3) is 0.200. The van der Waals surface area contributed by atoms with Crippen LogP contribution >= 0.6 is 0 Å². The highest BCUT2D eigenvalue weighted by molar-refractivity contribution is 5.98. The third-order valence-electron chi connectivity index (χ3n) is 3.85. The van der Waals surface area contributed by atoms with E-state index in [-0.39, 0.29) is 11.3 Å². The third-order valence-corrected chi connectivity index (χ3v) is 3.85. The lowest BCUT2D eigenvalue weighted by atomic mass is 10.1. The van der Waals surface area contributed by atoms with E-state index in [9.17, 15) is 24.8 Å². The van der Waals surface area contributed by atoms with E-state index in [4.69, 9.17) is 5.11 Å². The monoisotopic (exact) mass is 382 g/mol. The maximum atomic E-state index is 12.2. The molecule has 0 aliphatic carbocycles. The van der Waals surface area contributed by atoms with Crippen LogP contribution in [0.25, 0.3) is 0 Å². The summed E-state index contributed by atoms with van der Waals surface area (Å²) in [5.74, 6) is 4.50. The van der Waals surface area contributed by atoms with Gasteiger partial charge in [0.1, 0.15) is 12.6 Å². The Bertz CT molecular complexity index is 924. The second kappa shape index (κ2) is 9.41. The molecule has 0 saturated carbocycles. The molecule has 8 nitrogen and oxygen atoms in total. The van der Waals surface area contributed by atoms with Crippen molar-refractivity contribution in [1.29, 1.82) is 0 Å². The Balaban J connectivity index is 2.08. The third kappa shape index (κ3) is 5.48. The molecule has 0 aliphatic rings. The number of aliphatic hydroxyl groups excluding tert-OH is 2. The Kier molecular flexibility index (Phi) is 6.98. The van der Waals surface area contributed by atoms with E-state index in [1.54, 1.807) is 24.3 Å². The summed E-state index contributed by atoms with van der Waals surface area (Å²) >= 11 is 0. The molecule has 28 heavy (non-hydrogen) atoms. The molecule has 0 fully saturated rings. The van der Waals surface area contributed by atoms with Crippen LogP contribution in [-0.4, -0.2) is 45.6 Å². The average molecular weight is 382 g/mol. The molecule has 0 radical (unpaired) electrons.